The molecule has 0 amide bonds. The van der Waals surface area contributed by atoms with Crippen molar-refractivity contribution in [1.82, 2.24) is 30.5 Å². The number of nitrogens with zero attached hydrogens (tertiary/aromatic N) is 4. The average molecular weight is 264 g/mol. The molecule has 2 N–H and O–H groups in total. The van der Waals surface area contributed by atoms with Gasteiger partial charge in [0.25, 0.3) is 0 Å². The summed E-state index contributed by atoms with van der Waals surface area (Å²) in [5, 5.41) is 11.2. The molecule has 96 valence electrons. The Labute approximate surface area is 110 Å². The molecule has 0 saturated carbocycles. The fourth-order valence-corrected chi connectivity index (χ4v) is 1.90. The summed E-state index contributed by atoms with van der Waals surface area (Å²) in [5.74, 6) is 0.646. The predicted octanol–water partition coefficient (Wildman–Crippen LogP) is 1.49. The van der Waals surface area contributed by atoms with Crippen LogP contribution in [0.1, 0.15) is 19.4 Å². The van der Waals surface area contributed by atoms with Gasteiger partial charge in [0.1, 0.15) is 6.33 Å². The van der Waals surface area contributed by atoms with E-state index < -0.39 is 0 Å². The molecular formula is C11H16N6S. The van der Waals surface area contributed by atoms with E-state index in [2.05, 4.69) is 44.3 Å². The van der Waals surface area contributed by atoms with Crippen LogP contribution in [0.5, 0.6) is 0 Å². The van der Waals surface area contributed by atoms with Gasteiger partial charge in [0.2, 0.25) is 0 Å². The molecule has 0 aliphatic carbocycles. The first-order valence-electron chi connectivity index (χ1n) is 5.79. The van der Waals surface area contributed by atoms with Crippen LogP contribution in [0.15, 0.2) is 29.0 Å². The molecule has 0 aromatic carbocycles. The molecule has 0 bridgehead atoms. The van der Waals surface area contributed by atoms with Gasteiger partial charge in [0.15, 0.2) is 10.3 Å². The number of rotatable bonds is 6. The molecule has 2 heterocycles. The van der Waals surface area contributed by atoms with E-state index >= 15 is 0 Å². The van der Waals surface area contributed by atoms with E-state index in [0.717, 1.165) is 18.7 Å². The van der Waals surface area contributed by atoms with Crippen LogP contribution >= 0.6 is 11.8 Å². The van der Waals surface area contributed by atoms with E-state index in [1.54, 1.807) is 0 Å². The number of aromatic nitrogens is 5. The Bertz CT molecular complexity index is 453. The minimum Gasteiger partial charge on any atom is -0.312 e. The molecular weight excluding hydrogens is 248 g/mol. The van der Waals surface area contributed by atoms with Gasteiger partial charge < -0.3 is 5.32 Å². The monoisotopic (exact) mass is 264 g/mol. The van der Waals surface area contributed by atoms with Crippen LogP contribution in [0.25, 0.3) is 0 Å². The lowest BCUT2D eigenvalue weighted by Crippen LogP contribution is -2.19. The number of hydrogen-bond donors (Lipinski definition) is 2. The molecule has 0 atom stereocenters. The second kappa shape index (κ2) is 6.46. The van der Waals surface area contributed by atoms with Gasteiger partial charge in [-0.1, -0.05) is 13.8 Å². The van der Waals surface area contributed by atoms with E-state index in [1.165, 1.54) is 18.1 Å². The number of H-pyrrole nitrogens is 1. The first kappa shape index (κ1) is 13.0. The zero-order valence-corrected chi connectivity index (χ0v) is 11.2. The zero-order chi connectivity index (χ0) is 12.8. The van der Waals surface area contributed by atoms with Gasteiger partial charge in [-0.25, -0.2) is 15.0 Å². The first-order valence-corrected chi connectivity index (χ1v) is 6.60. The van der Waals surface area contributed by atoms with Gasteiger partial charge >= 0.3 is 0 Å². The highest BCUT2D eigenvalue weighted by Crippen LogP contribution is 2.18. The summed E-state index contributed by atoms with van der Waals surface area (Å²) >= 11 is 1.36. The van der Waals surface area contributed by atoms with Crippen LogP contribution in [0.3, 0.4) is 0 Å². The second-order valence-electron chi connectivity index (χ2n) is 4.29. The quantitative estimate of drug-likeness (QED) is 0.770. The Hall–Kier alpha value is -1.47. The highest BCUT2D eigenvalue weighted by Gasteiger charge is 2.03. The lowest BCUT2D eigenvalue weighted by atomic mass is 10.2. The molecule has 18 heavy (non-hydrogen) atoms. The van der Waals surface area contributed by atoms with Gasteiger partial charge in [-0.05, 0) is 24.2 Å². The Morgan fingerprint density at radius 2 is 2.06 bits per heavy atom. The number of nitrogens with one attached hydrogen (secondary N) is 2. The largest absolute Gasteiger partial charge is 0.312 e. The lowest BCUT2D eigenvalue weighted by Gasteiger charge is -2.06. The highest BCUT2D eigenvalue weighted by molar-refractivity contribution is 7.99. The van der Waals surface area contributed by atoms with E-state index in [9.17, 15) is 0 Å². The van der Waals surface area contributed by atoms with Gasteiger partial charge in [-0.3, -0.25) is 5.10 Å². The van der Waals surface area contributed by atoms with E-state index in [1.807, 2.05) is 12.4 Å². The second-order valence-corrected chi connectivity index (χ2v) is 5.25. The highest BCUT2D eigenvalue weighted by atomic mass is 32.2. The van der Waals surface area contributed by atoms with Crippen LogP contribution in [0.2, 0.25) is 0 Å². The van der Waals surface area contributed by atoms with Crippen molar-refractivity contribution >= 4 is 11.8 Å². The zero-order valence-electron chi connectivity index (χ0n) is 10.4. The molecule has 0 unspecified atom stereocenters. The smallest absolute Gasteiger partial charge is 0.195 e. The molecule has 0 radical (unpaired) electrons. The van der Waals surface area contributed by atoms with Crippen molar-refractivity contribution in [3.63, 3.8) is 0 Å². The SMILES string of the molecule is CC(C)CNCc1cnc(Sc2ncn[nH]2)nc1. The van der Waals surface area contributed by atoms with Crippen molar-refractivity contribution in [3.8, 4) is 0 Å². The minimum absolute atomic E-state index is 0.646. The fraction of sp³-hybridized carbons (Fsp3) is 0.455. The topological polar surface area (TPSA) is 79.4 Å². The van der Waals surface area contributed by atoms with Gasteiger partial charge in [0, 0.05) is 24.5 Å². The van der Waals surface area contributed by atoms with Crippen LogP contribution in [-0.4, -0.2) is 31.7 Å². The lowest BCUT2D eigenvalue weighted by molar-refractivity contribution is 0.550. The number of hydrogen-bond acceptors (Lipinski definition) is 6. The Kier molecular flexibility index (Phi) is 4.66. The summed E-state index contributed by atoms with van der Waals surface area (Å²) in [7, 11) is 0. The van der Waals surface area contributed by atoms with Crippen molar-refractivity contribution < 1.29 is 0 Å². The average Bonchev–Trinajstić information content (AvgIpc) is 2.84. The normalized spacial score (nSPS) is 11.1. The molecule has 0 aliphatic rings. The van der Waals surface area contributed by atoms with E-state index in [4.69, 9.17) is 0 Å². The van der Waals surface area contributed by atoms with Crippen LogP contribution < -0.4 is 5.32 Å². The van der Waals surface area contributed by atoms with Crippen molar-refractivity contribution in [2.45, 2.75) is 30.7 Å². The fourth-order valence-electron chi connectivity index (χ4n) is 1.32. The molecule has 2 aromatic rings. The molecule has 0 saturated heterocycles. The van der Waals surface area contributed by atoms with Crippen molar-refractivity contribution in [2.75, 3.05) is 6.54 Å². The van der Waals surface area contributed by atoms with Crippen molar-refractivity contribution in [2.24, 2.45) is 5.92 Å². The molecule has 0 aliphatic heterocycles. The Balaban J connectivity index is 1.85. The van der Waals surface area contributed by atoms with Gasteiger partial charge in [-0.15, -0.1) is 0 Å². The first-order chi connectivity index (χ1) is 8.74. The molecule has 6 nitrogen and oxygen atoms in total. The Morgan fingerprint density at radius 1 is 1.28 bits per heavy atom. The maximum atomic E-state index is 4.28. The summed E-state index contributed by atoms with van der Waals surface area (Å²) in [4.78, 5) is 12.6. The van der Waals surface area contributed by atoms with E-state index in [-0.39, 0.29) is 0 Å². The number of aromatic amines is 1. The molecule has 2 aromatic heterocycles. The Morgan fingerprint density at radius 3 is 2.67 bits per heavy atom. The predicted molar refractivity (Wildman–Crippen MR) is 69.1 cm³/mol. The summed E-state index contributed by atoms with van der Waals surface area (Å²) in [6.45, 7) is 6.15. The van der Waals surface area contributed by atoms with Crippen molar-refractivity contribution in [3.05, 3.63) is 24.3 Å². The maximum Gasteiger partial charge on any atom is 0.195 e. The summed E-state index contributed by atoms with van der Waals surface area (Å²) in [6.07, 6.45) is 5.13. The standard InChI is InChI=1S/C11H16N6S/c1-8(2)3-12-4-9-5-13-10(14-6-9)18-11-15-7-16-17-11/h5-8,12H,3-4H2,1-2H3,(H,15,16,17). The van der Waals surface area contributed by atoms with Crippen LogP contribution in [0.4, 0.5) is 0 Å². The third kappa shape index (κ3) is 4.08. The molecule has 0 fully saturated rings. The third-order valence-corrected chi connectivity index (χ3v) is 2.93. The maximum absolute atomic E-state index is 4.28. The van der Waals surface area contributed by atoms with Gasteiger partial charge in [-0.2, -0.15) is 5.10 Å². The minimum atomic E-state index is 0.646. The molecule has 2 rings (SSSR count). The van der Waals surface area contributed by atoms with Crippen molar-refractivity contribution in [1.29, 1.82) is 0 Å². The summed E-state index contributed by atoms with van der Waals surface area (Å²) < 4.78 is 0. The van der Waals surface area contributed by atoms with Gasteiger partial charge in [0.05, 0.1) is 0 Å². The summed E-state index contributed by atoms with van der Waals surface area (Å²) in [6, 6.07) is 0. The third-order valence-electron chi connectivity index (χ3n) is 2.14. The molecule has 7 heteroatoms. The molecule has 0 spiro atoms. The van der Waals surface area contributed by atoms with Crippen LogP contribution in [0, 0.1) is 5.92 Å². The summed E-state index contributed by atoms with van der Waals surface area (Å²) in [5.41, 5.74) is 1.08. The van der Waals surface area contributed by atoms with E-state index in [0.29, 0.717) is 16.2 Å². The van der Waals surface area contributed by atoms with Crippen LogP contribution in [-0.2, 0) is 6.54 Å².